The second-order valence-electron chi connectivity index (χ2n) is 5.02. The average Bonchev–Trinajstić information content (AvgIpc) is 3.16. The number of nitrogens with zero attached hydrogens (tertiary/aromatic N) is 1. The topological polar surface area (TPSA) is 84.3 Å². The van der Waals surface area contributed by atoms with Crippen LogP contribution in [0.2, 0.25) is 5.02 Å². The molecule has 20 heavy (non-hydrogen) atoms. The van der Waals surface area contributed by atoms with Crippen LogP contribution in [0.5, 0.6) is 0 Å². The van der Waals surface area contributed by atoms with Gasteiger partial charge in [-0.3, -0.25) is 14.9 Å². The zero-order chi connectivity index (χ0) is 14.9. The fraction of sp³-hybridized carbons (Fsp3) is 0.462. The molecule has 2 rings (SSSR count). The third-order valence-electron chi connectivity index (χ3n) is 3.18. The molecule has 7 heteroatoms. The molecule has 2 N–H and O–H groups in total. The Hall–Kier alpha value is -1.82. The summed E-state index contributed by atoms with van der Waals surface area (Å²) in [6.07, 6.45) is 2.06. The van der Waals surface area contributed by atoms with Gasteiger partial charge in [-0.1, -0.05) is 11.6 Å². The maximum atomic E-state index is 11.9. The molecule has 0 saturated heterocycles. The minimum absolute atomic E-state index is 0.0536. The van der Waals surface area contributed by atoms with E-state index in [0.29, 0.717) is 17.3 Å². The number of rotatable bonds is 5. The minimum Gasteiger partial charge on any atom is -0.374 e. The Kier molecular flexibility index (Phi) is 4.13. The van der Waals surface area contributed by atoms with Crippen LogP contribution in [0.1, 0.15) is 25.3 Å². The Morgan fingerprint density at radius 3 is 2.70 bits per heavy atom. The van der Waals surface area contributed by atoms with Gasteiger partial charge >= 0.3 is 0 Å². The van der Waals surface area contributed by atoms with Gasteiger partial charge in [0.2, 0.25) is 5.91 Å². The van der Waals surface area contributed by atoms with Crippen molar-refractivity contribution < 1.29 is 9.72 Å². The number of nitro benzene ring substituents is 1. The highest BCUT2D eigenvalue weighted by Crippen LogP contribution is 2.30. The molecule has 6 nitrogen and oxygen atoms in total. The van der Waals surface area contributed by atoms with Gasteiger partial charge < -0.3 is 10.6 Å². The van der Waals surface area contributed by atoms with Crippen LogP contribution >= 0.6 is 11.6 Å². The van der Waals surface area contributed by atoms with Gasteiger partial charge in [0, 0.05) is 17.8 Å². The number of halogens is 1. The summed E-state index contributed by atoms with van der Waals surface area (Å²) in [7, 11) is 0. The van der Waals surface area contributed by atoms with Gasteiger partial charge in [0.25, 0.3) is 5.69 Å². The van der Waals surface area contributed by atoms with Gasteiger partial charge in [-0.05, 0) is 38.3 Å². The van der Waals surface area contributed by atoms with Gasteiger partial charge in [0.1, 0.15) is 11.1 Å². The second kappa shape index (κ2) is 5.66. The number of hydrogen-bond acceptors (Lipinski definition) is 4. The zero-order valence-corrected chi connectivity index (χ0v) is 12.0. The van der Waals surface area contributed by atoms with Crippen LogP contribution in [0, 0.1) is 17.0 Å². The number of benzene rings is 1. The third kappa shape index (κ3) is 3.39. The molecule has 0 bridgehead atoms. The molecular formula is C13H16ClN3O3. The first-order valence-electron chi connectivity index (χ1n) is 6.40. The Morgan fingerprint density at radius 2 is 2.15 bits per heavy atom. The smallest absolute Gasteiger partial charge is 0.288 e. The molecule has 1 aromatic carbocycles. The summed E-state index contributed by atoms with van der Waals surface area (Å²) in [5, 5.41) is 16.8. The summed E-state index contributed by atoms with van der Waals surface area (Å²) < 4.78 is 0. The monoisotopic (exact) mass is 297 g/mol. The summed E-state index contributed by atoms with van der Waals surface area (Å²) in [5.41, 5.74) is 1.16. The van der Waals surface area contributed by atoms with Crippen molar-refractivity contribution >= 4 is 28.9 Å². The number of carbonyl (C=O) groups excluding carboxylic acids is 1. The van der Waals surface area contributed by atoms with Crippen molar-refractivity contribution in [2.24, 2.45) is 0 Å². The molecule has 0 radical (unpaired) electrons. The van der Waals surface area contributed by atoms with Crippen molar-refractivity contribution in [3.05, 3.63) is 32.8 Å². The Bertz CT molecular complexity index is 558. The van der Waals surface area contributed by atoms with Crippen molar-refractivity contribution in [1.82, 2.24) is 5.32 Å². The maximum absolute atomic E-state index is 11.9. The normalized spacial score (nSPS) is 15.6. The van der Waals surface area contributed by atoms with E-state index in [1.807, 2.05) is 0 Å². The fourth-order valence-electron chi connectivity index (χ4n) is 1.81. The molecule has 1 amide bonds. The molecular weight excluding hydrogens is 282 g/mol. The van der Waals surface area contributed by atoms with Crippen molar-refractivity contribution in [2.75, 3.05) is 5.32 Å². The van der Waals surface area contributed by atoms with Crippen LogP contribution in [0.4, 0.5) is 11.4 Å². The van der Waals surface area contributed by atoms with E-state index in [-0.39, 0.29) is 16.6 Å². The molecule has 1 aliphatic carbocycles. The molecule has 0 heterocycles. The van der Waals surface area contributed by atoms with Crippen molar-refractivity contribution in [3.8, 4) is 0 Å². The summed E-state index contributed by atoms with van der Waals surface area (Å²) in [6, 6.07) is 2.76. The second-order valence-corrected chi connectivity index (χ2v) is 5.43. The zero-order valence-electron chi connectivity index (χ0n) is 11.3. The highest BCUT2D eigenvalue weighted by atomic mass is 35.5. The first-order valence-corrected chi connectivity index (χ1v) is 6.77. The van der Waals surface area contributed by atoms with Crippen LogP contribution in [0.25, 0.3) is 0 Å². The number of carbonyl (C=O) groups is 1. The van der Waals surface area contributed by atoms with E-state index in [4.69, 9.17) is 11.6 Å². The molecule has 1 saturated carbocycles. The molecule has 1 aliphatic rings. The summed E-state index contributed by atoms with van der Waals surface area (Å²) in [4.78, 5) is 22.1. The van der Waals surface area contributed by atoms with Crippen LogP contribution < -0.4 is 10.6 Å². The number of nitrogens with one attached hydrogen (secondary N) is 2. The van der Waals surface area contributed by atoms with Gasteiger partial charge in [-0.15, -0.1) is 0 Å². The highest BCUT2D eigenvalue weighted by Gasteiger charge is 2.26. The highest BCUT2D eigenvalue weighted by molar-refractivity contribution is 6.33. The van der Waals surface area contributed by atoms with Crippen molar-refractivity contribution in [1.29, 1.82) is 0 Å². The van der Waals surface area contributed by atoms with E-state index in [2.05, 4.69) is 10.6 Å². The van der Waals surface area contributed by atoms with Crippen LogP contribution in [-0.4, -0.2) is 22.9 Å². The van der Waals surface area contributed by atoms with Gasteiger partial charge in [-0.25, -0.2) is 0 Å². The van der Waals surface area contributed by atoms with Gasteiger partial charge in [-0.2, -0.15) is 0 Å². The van der Waals surface area contributed by atoms with E-state index in [1.54, 1.807) is 13.8 Å². The van der Waals surface area contributed by atoms with Crippen molar-refractivity contribution in [3.63, 3.8) is 0 Å². The van der Waals surface area contributed by atoms with Crippen molar-refractivity contribution in [2.45, 2.75) is 38.8 Å². The number of nitro groups is 1. The minimum atomic E-state index is -0.525. The lowest BCUT2D eigenvalue weighted by atomic mass is 10.1. The quantitative estimate of drug-likeness (QED) is 0.646. The first-order chi connectivity index (χ1) is 9.38. The van der Waals surface area contributed by atoms with Crippen LogP contribution in [-0.2, 0) is 4.79 Å². The lowest BCUT2D eigenvalue weighted by molar-refractivity contribution is -0.384. The average molecular weight is 298 g/mol. The van der Waals surface area contributed by atoms with E-state index in [1.165, 1.54) is 12.1 Å². The number of anilines is 1. The van der Waals surface area contributed by atoms with Crippen LogP contribution in [0.3, 0.4) is 0 Å². The predicted molar refractivity (Wildman–Crippen MR) is 77.1 cm³/mol. The number of amides is 1. The summed E-state index contributed by atoms with van der Waals surface area (Å²) in [5.74, 6) is -0.0821. The van der Waals surface area contributed by atoms with Gasteiger partial charge in [0.15, 0.2) is 0 Å². The van der Waals surface area contributed by atoms with Gasteiger partial charge in [0.05, 0.1) is 4.92 Å². The lowest BCUT2D eigenvalue weighted by Crippen LogP contribution is -2.38. The Morgan fingerprint density at radius 1 is 1.50 bits per heavy atom. The molecule has 1 unspecified atom stereocenters. The molecule has 1 atom stereocenters. The number of hydrogen-bond donors (Lipinski definition) is 2. The summed E-state index contributed by atoms with van der Waals surface area (Å²) in [6.45, 7) is 3.48. The molecule has 108 valence electrons. The molecule has 1 aromatic rings. The first kappa shape index (κ1) is 14.6. The van der Waals surface area contributed by atoms with E-state index in [0.717, 1.165) is 12.8 Å². The molecule has 0 spiro atoms. The molecule has 0 aliphatic heterocycles. The standard InChI is InChI=1S/C13H16ClN3O3/c1-7-5-12(17(19)20)10(14)6-11(7)15-8(2)13(18)16-9-3-4-9/h5-6,8-9,15H,3-4H2,1-2H3,(H,16,18). The Labute approximate surface area is 121 Å². The summed E-state index contributed by atoms with van der Waals surface area (Å²) >= 11 is 5.87. The van der Waals surface area contributed by atoms with E-state index < -0.39 is 11.0 Å². The third-order valence-corrected chi connectivity index (χ3v) is 3.48. The largest absolute Gasteiger partial charge is 0.374 e. The van der Waals surface area contributed by atoms with E-state index in [9.17, 15) is 14.9 Å². The lowest BCUT2D eigenvalue weighted by Gasteiger charge is -2.17. The maximum Gasteiger partial charge on any atom is 0.288 e. The Balaban J connectivity index is 2.10. The van der Waals surface area contributed by atoms with E-state index >= 15 is 0 Å². The molecule has 0 aromatic heterocycles. The SMILES string of the molecule is Cc1cc([N+](=O)[O-])c(Cl)cc1NC(C)C(=O)NC1CC1. The predicted octanol–water partition coefficient (Wildman–Crippen LogP) is 2.64. The fourth-order valence-corrected chi connectivity index (χ4v) is 2.05. The number of aryl methyl sites for hydroxylation is 1. The molecule has 1 fully saturated rings. The van der Waals surface area contributed by atoms with Crippen LogP contribution in [0.15, 0.2) is 12.1 Å².